The number of hydrogen-bond acceptors (Lipinski definition) is 3. The van der Waals surface area contributed by atoms with E-state index < -0.39 is 0 Å². The van der Waals surface area contributed by atoms with Gasteiger partial charge in [-0.1, -0.05) is 27.6 Å². The quantitative estimate of drug-likeness (QED) is 0.587. The van der Waals surface area contributed by atoms with Crippen molar-refractivity contribution in [3.8, 4) is 0 Å². The standard InChI is InChI=1S/C19H13BrN2O2/c1-10-3-8-15-14(9-10)17-16(11(2)21-15)18(23)22(19(17)24)13-6-4-12(20)5-7-13/h3-9H,1-2H3. The van der Waals surface area contributed by atoms with Gasteiger partial charge in [-0.2, -0.15) is 0 Å². The number of halogens is 1. The van der Waals surface area contributed by atoms with E-state index in [0.29, 0.717) is 22.5 Å². The van der Waals surface area contributed by atoms with Gasteiger partial charge < -0.3 is 0 Å². The predicted octanol–water partition coefficient (Wildman–Crippen LogP) is 4.41. The van der Waals surface area contributed by atoms with Crippen molar-refractivity contribution in [3.63, 3.8) is 0 Å². The van der Waals surface area contributed by atoms with Crippen LogP contribution in [-0.4, -0.2) is 16.8 Å². The lowest BCUT2D eigenvalue weighted by Crippen LogP contribution is -2.29. The molecule has 0 atom stereocenters. The summed E-state index contributed by atoms with van der Waals surface area (Å²) in [5.74, 6) is -0.607. The number of carbonyl (C=O) groups is 2. The van der Waals surface area contributed by atoms with Crippen LogP contribution in [0.2, 0.25) is 0 Å². The number of rotatable bonds is 1. The summed E-state index contributed by atoms with van der Waals surface area (Å²) in [6.45, 7) is 3.73. The van der Waals surface area contributed by atoms with Crippen LogP contribution in [-0.2, 0) is 0 Å². The summed E-state index contributed by atoms with van der Waals surface area (Å²) < 4.78 is 0.891. The van der Waals surface area contributed by atoms with E-state index in [1.165, 1.54) is 4.90 Å². The van der Waals surface area contributed by atoms with Gasteiger partial charge in [0.15, 0.2) is 0 Å². The molecule has 1 aromatic heterocycles. The van der Waals surface area contributed by atoms with Crippen LogP contribution in [0.5, 0.6) is 0 Å². The zero-order chi connectivity index (χ0) is 17.0. The van der Waals surface area contributed by atoms with E-state index in [-0.39, 0.29) is 11.8 Å². The normalized spacial score (nSPS) is 13.7. The van der Waals surface area contributed by atoms with Crippen molar-refractivity contribution >= 4 is 44.3 Å². The Kier molecular flexibility index (Phi) is 3.28. The van der Waals surface area contributed by atoms with Crippen LogP contribution in [0, 0.1) is 13.8 Å². The summed E-state index contributed by atoms with van der Waals surface area (Å²) in [5.41, 5.74) is 3.76. The molecule has 2 amide bonds. The molecule has 4 rings (SSSR count). The first-order valence-electron chi connectivity index (χ1n) is 7.52. The number of amides is 2. The summed E-state index contributed by atoms with van der Waals surface area (Å²) in [6.07, 6.45) is 0. The van der Waals surface area contributed by atoms with E-state index in [1.807, 2.05) is 37.3 Å². The van der Waals surface area contributed by atoms with Gasteiger partial charge in [-0.05, 0) is 50.2 Å². The number of hydrogen-bond donors (Lipinski definition) is 0. The Morgan fingerprint density at radius 3 is 2.29 bits per heavy atom. The highest BCUT2D eigenvalue weighted by atomic mass is 79.9. The molecular weight excluding hydrogens is 368 g/mol. The summed E-state index contributed by atoms with van der Waals surface area (Å²) >= 11 is 3.37. The fraction of sp³-hybridized carbons (Fsp3) is 0.105. The molecule has 1 aliphatic rings. The van der Waals surface area contributed by atoms with Crippen molar-refractivity contribution in [2.75, 3.05) is 4.90 Å². The average molecular weight is 381 g/mol. The molecule has 0 saturated carbocycles. The largest absolute Gasteiger partial charge is 0.268 e. The molecule has 2 heterocycles. The molecule has 0 fully saturated rings. The predicted molar refractivity (Wildman–Crippen MR) is 96.5 cm³/mol. The lowest BCUT2D eigenvalue weighted by atomic mass is 10.0. The zero-order valence-electron chi connectivity index (χ0n) is 13.1. The number of nitrogens with zero attached hydrogens (tertiary/aromatic N) is 2. The van der Waals surface area contributed by atoms with E-state index >= 15 is 0 Å². The molecule has 2 aromatic carbocycles. The van der Waals surface area contributed by atoms with Crippen LogP contribution >= 0.6 is 15.9 Å². The number of aryl methyl sites for hydroxylation is 2. The summed E-state index contributed by atoms with van der Waals surface area (Å²) in [7, 11) is 0. The second-order valence-corrected chi connectivity index (χ2v) is 6.81. The van der Waals surface area contributed by atoms with Gasteiger partial charge in [0.1, 0.15) is 0 Å². The molecule has 4 nitrogen and oxygen atoms in total. The fourth-order valence-corrected chi connectivity index (χ4v) is 3.39. The molecular formula is C19H13BrN2O2. The number of aromatic nitrogens is 1. The van der Waals surface area contributed by atoms with Crippen LogP contribution < -0.4 is 4.90 Å². The third-order valence-corrected chi connectivity index (χ3v) is 4.77. The topological polar surface area (TPSA) is 50.3 Å². The molecule has 0 bridgehead atoms. The molecule has 0 spiro atoms. The highest BCUT2D eigenvalue weighted by Crippen LogP contribution is 2.34. The van der Waals surface area contributed by atoms with Gasteiger partial charge in [-0.15, -0.1) is 0 Å². The fourth-order valence-electron chi connectivity index (χ4n) is 3.12. The van der Waals surface area contributed by atoms with Crippen LogP contribution in [0.25, 0.3) is 10.9 Å². The number of imide groups is 1. The number of pyridine rings is 1. The lowest BCUT2D eigenvalue weighted by molar-refractivity contribution is 0.0926. The second kappa shape index (κ2) is 5.24. The zero-order valence-corrected chi connectivity index (χ0v) is 14.7. The molecule has 3 aromatic rings. The summed E-state index contributed by atoms with van der Waals surface area (Å²) in [6, 6.07) is 12.9. The van der Waals surface area contributed by atoms with Crippen molar-refractivity contribution in [2.24, 2.45) is 0 Å². The number of carbonyl (C=O) groups excluding carboxylic acids is 2. The van der Waals surface area contributed by atoms with Crippen molar-refractivity contribution in [3.05, 3.63) is 69.3 Å². The molecule has 24 heavy (non-hydrogen) atoms. The molecule has 5 heteroatoms. The Balaban J connectivity index is 1.98. The molecule has 0 radical (unpaired) electrons. The maximum Gasteiger partial charge on any atom is 0.268 e. The SMILES string of the molecule is Cc1ccc2nc(C)c3c(c2c1)C(=O)N(c1ccc(Br)cc1)C3=O. The highest BCUT2D eigenvalue weighted by molar-refractivity contribution is 9.10. The minimum Gasteiger partial charge on any atom is -0.268 e. The van der Waals surface area contributed by atoms with Crippen LogP contribution in [0.4, 0.5) is 5.69 Å². The van der Waals surface area contributed by atoms with E-state index in [9.17, 15) is 9.59 Å². The van der Waals surface area contributed by atoms with E-state index in [0.717, 1.165) is 20.9 Å². The Morgan fingerprint density at radius 1 is 0.917 bits per heavy atom. The first-order chi connectivity index (χ1) is 11.5. The van der Waals surface area contributed by atoms with Crippen molar-refractivity contribution in [1.82, 2.24) is 4.98 Å². The highest BCUT2D eigenvalue weighted by Gasteiger charge is 2.40. The molecule has 1 aliphatic heterocycles. The molecule has 0 saturated heterocycles. The first kappa shape index (κ1) is 15.0. The second-order valence-electron chi connectivity index (χ2n) is 5.89. The van der Waals surface area contributed by atoms with Gasteiger partial charge in [0.25, 0.3) is 11.8 Å². The first-order valence-corrected chi connectivity index (χ1v) is 8.32. The van der Waals surface area contributed by atoms with Gasteiger partial charge in [-0.25, -0.2) is 4.90 Å². The Bertz CT molecular complexity index is 1030. The van der Waals surface area contributed by atoms with Crippen molar-refractivity contribution in [1.29, 1.82) is 0 Å². The Hall–Kier alpha value is -2.53. The van der Waals surface area contributed by atoms with E-state index in [1.54, 1.807) is 19.1 Å². The Morgan fingerprint density at radius 2 is 1.58 bits per heavy atom. The average Bonchev–Trinajstić information content (AvgIpc) is 2.81. The molecule has 0 aliphatic carbocycles. The van der Waals surface area contributed by atoms with Gasteiger partial charge in [0.2, 0.25) is 0 Å². The number of benzene rings is 2. The summed E-state index contributed by atoms with van der Waals surface area (Å²) in [5, 5.41) is 0.730. The maximum absolute atomic E-state index is 13.0. The molecule has 0 N–H and O–H groups in total. The molecule has 0 unspecified atom stereocenters. The minimum atomic E-state index is -0.314. The van der Waals surface area contributed by atoms with Gasteiger partial charge in [-0.3, -0.25) is 14.6 Å². The number of fused-ring (bicyclic) bond motifs is 3. The third kappa shape index (κ3) is 2.08. The molecule has 118 valence electrons. The van der Waals surface area contributed by atoms with Crippen molar-refractivity contribution < 1.29 is 9.59 Å². The lowest BCUT2D eigenvalue weighted by Gasteiger charge is -2.13. The van der Waals surface area contributed by atoms with E-state index in [2.05, 4.69) is 20.9 Å². The van der Waals surface area contributed by atoms with Crippen LogP contribution in [0.15, 0.2) is 46.9 Å². The number of anilines is 1. The van der Waals surface area contributed by atoms with Crippen LogP contribution in [0.1, 0.15) is 32.0 Å². The van der Waals surface area contributed by atoms with Gasteiger partial charge >= 0.3 is 0 Å². The van der Waals surface area contributed by atoms with E-state index in [4.69, 9.17) is 0 Å². The monoisotopic (exact) mass is 380 g/mol. The van der Waals surface area contributed by atoms with Crippen molar-refractivity contribution in [2.45, 2.75) is 13.8 Å². The van der Waals surface area contributed by atoms with Gasteiger partial charge in [0, 0.05) is 9.86 Å². The minimum absolute atomic E-state index is 0.293. The smallest absolute Gasteiger partial charge is 0.268 e. The Labute approximate surface area is 147 Å². The van der Waals surface area contributed by atoms with Gasteiger partial charge in [0.05, 0.1) is 28.0 Å². The third-order valence-electron chi connectivity index (χ3n) is 4.24. The maximum atomic E-state index is 13.0. The van der Waals surface area contributed by atoms with Crippen LogP contribution in [0.3, 0.4) is 0 Å². The summed E-state index contributed by atoms with van der Waals surface area (Å²) in [4.78, 5) is 31.7.